The minimum Gasteiger partial charge on any atom is -0.467 e. The lowest BCUT2D eigenvalue weighted by Crippen LogP contribution is -2.40. The average molecular weight is 563 g/mol. The van der Waals surface area contributed by atoms with Crippen LogP contribution in [0.25, 0.3) is 5.65 Å². The summed E-state index contributed by atoms with van der Waals surface area (Å²) in [7, 11) is 1.37. The van der Waals surface area contributed by atoms with Gasteiger partial charge in [0.05, 0.1) is 18.3 Å². The molecule has 2 saturated heterocycles. The molecule has 2 aliphatic rings. The molecule has 0 aliphatic carbocycles. The zero-order valence-electron chi connectivity index (χ0n) is 25.3. The SMILES string of the molecule is COC(=O)[C@@H](OC(C)(C)C)c1c(C)nc2cc(N3CCN(Cc4ccccc4)C3=O)nn2c1N1CCC(C)(C)CC1. The molecular formula is C31H42N6O4. The molecule has 0 spiro atoms. The van der Waals surface area contributed by atoms with Crippen molar-refractivity contribution in [2.24, 2.45) is 5.41 Å². The first-order chi connectivity index (χ1) is 19.4. The predicted molar refractivity (Wildman–Crippen MR) is 158 cm³/mol. The van der Waals surface area contributed by atoms with Crippen LogP contribution in [0.1, 0.15) is 70.4 Å². The van der Waals surface area contributed by atoms with E-state index in [-0.39, 0.29) is 11.4 Å². The second-order valence-corrected chi connectivity index (χ2v) is 12.8. The van der Waals surface area contributed by atoms with Crippen LogP contribution in [-0.4, -0.2) is 70.4 Å². The summed E-state index contributed by atoms with van der Waals surface area (Å²) in [5.41, 5.74) is 2.63. The quantitative estimate of drug-likeness (QED) is 0.369. The fourth-order valence-corrected chi connectivity index (χ4v) is 5.60. The Labute approximate surface area is 242 Å². The minimum absolute atomic E-state index is 0.0843. The van der Waals surface area contributed by atoms with E-state index >= 15 is 0 Å². The Morgan fingerprint density at radius 3 is 2.39 bits per heavy atom. The van der Waals surface area contributed by atoms with Crippen LogP contribution in [0.5, 0.6) is 0 Å². The Morgan fingerprint density at radius 1 is 1.07 bits per heavy atom. The number of benzene rings is 1. The lowest BCUT2D eigenvalue weighted by Gasteiger charge is -2.39. The Kier molecular flexibility index (Phi) is 7.72. The number of hydrogen-bond donors (Lipinski definition) is 0. The molecule has 2 fully saturated rings. The lowest BCUT2D eigenvalue weighted by atomic mass is 9.82. The molecule has 10 nitrogen and oxygen atoms in total. The molecule has 3 aromatic rings. The summed E-state index contributed by atoms with van der Waals surface area (Å²) in [6, 6.07) is 11.8. The molecule has 0 unspecified atom stereocenters. The van der Waals surface area contributed by atoms with Crippen molar-refractivity contribution >= 4 is 29.3 Å². The van der Waals surface area contributed by atoms with Gasteiger partial charge in [0.1, 0.15) is 5.82 Å². The van der Waals surface area contributed by atoms with E-state index in [1.165, 1.54) is 7.11 Å². The first kappa shape index (κ1) is 28.9. The van der Waals surface area contributed by atoms with Crippen molar-refractivity contribution < 1.29 is 19.1 Å². The van der Waals surface area contributed by atoms with Crippen molar-refractivity contribution in [3.05, 3.63) is 53.2 Å². The summed E-state index contributed by atoms with van der Waals surface area (Å²) in [5, 5.41) is 4.95. The molecule has 4 heterocycles. The van der Waals surface area contributed by atoms with Gasteiger partial charge in [-0.25, -0.2) is 14.6 Å². The molecular weight excluding hydrogens is 520 g/mol. The van der Waals surface area contributed by atoms with Crippen molar-refractivity contribution in [3.8, 4) is 0 Å². The minimum atomic E-state index is -0.982. The number of urea groups is 1. The van der Waals surface area contributed by atoms with E-state index in [0.29, 0.717) is 42.4 Å². The number of amides is 2. The third-order valence-electron chi connectivity index (χ3n) is 7.94. The summed E-state index contributed by atoms with van der Waals surface area (Å²) in [5.74, 6) is 0.822. The number of methoxy groups -OCH3 is 1. The first-order valence-corrected chi connectivity index (χ1v) is 14.4. The van der Waals surface area contributed by atoms with Crippen molar-refractivity contribution in [2.75, 3.05) is 43.1 Å². The van der Waals surface area contributed by atoms with Crippen molar-refractivity contribution in [1.29, 1.82) is 0 Å². The van der Waals surface area contributed by atoms with Crippen LogP contribution in [0, 0.1) is 12.3 Å². The lowest BCUT2D eigenvalue weighted by molar-refractivity contribution is -0.164. The first-order valence-electron chi connectivity index (χ1n) is 14.4. The van der Waals surface area contributed by atoms with Gasteiger partial charge >= 0.3 is 12.0 Å². The number of rotatable bonds is 7. The van der Waals surface area contributed by atoms with Gasteiger partial charge in [0.2, 0.25) is 0 Å². The summed E-state index contributed by atoms with van der Waals surface area (Å²) >= 11 is 0. The summed E-state index contributed by atoms with van der Waals surface area (Å²) in [6.45, 7) is 15.5. The molecule has 10 heteroatoms. The van der Waals surface area contributed by atoms with Crippen LogP contribution in [0.2, 0.25) is 0 Å². The molecule has 0 saturated carbocycles. The van der Waals surface area contributed by atoms with Gasteiger partial charge in [-0.15, -0.1) is 5.10 Å². The number of anilines is 2. The van der Waals surface area contributed by atoms with Gasteiger partial charge in [-0.2, -0.15) is 4.52 Å². The maximum atomic E-state index is 13.5. The number of nitrogens with zero attached hydrogens (tertiary/aromatic N) is 6. The fourth-order valence-electron chi connectivity index (χ4n) is 5.60. The Morgan fingerprint density at radius 2 is 1.76 bits per heavy atom. The average Bonchev–Trinajstić information content (AvgIpc) is 3.49. The van der Waals surface area contributed by atoms with E-state index in [9.17, 15) is 9.59 Å². The largest absolute Gasteiger partial charge is 0.467 e. The highest BCUT2D eigenvalue weighted by molar-refractivity contribution is 5.93. The van der Waals surface area contributed by atoms with E-state index in [4.69, 9.17) is 19.6 Å². The standard InChI is InChI=1S/C31H42N6O4/c1-21-25(26(28(38)40-7)41-30(2,3)4)27(34-15-13-31(5,6)14-16-34)37-23(32-21)19-24(33-37)36-18-17-35(29(36)39)20-22-11-9-8-10-12-22/h8-12,19,26H,13-18,20H2,1-7H3/t26-/m0/s1. The molecule has 1 aromatic carbocycles. The topological polar surface area (TPSA) is 92.5 Å². The number of piperidine rings is 1. The number of aryl methyl sites for hydroxylation is 1. The summed E-state index contributed by atoms with van der Waals surface area (Å²) in [6.07, 6.45) is 1.00. The molecule has 1 atom stereocenters. The third-order valence-corrected chi connectivity index (χ3v) is 7.94. The Balaban J connectivity index is 1.58. The third kappa shape index (κ3) is 6.02. The number of aromatic nitrogens is 3. The van der Waals surface area contributed by atoms with E-state index in [0.717, 1.165) is 37.3 Å². The molecule has 0 radical (unpaired) electrons. The number of ether oxygens (including phenoxy) is 2. The van der Waals surface area contributed by atoms with Gasteiger partial charge in [-0.05, 0) is 51.5 Å². The van der Waals surface area contributed by atoms with Crippen LogP contribution >= 0.6 is 0 Å². The maximum Gasteiger partial charge on any atom is 0.339 e. The van der Waals surface area contributed by atoms with E-state index in [1.807, 2.05) is 69.0 Å². The summed E-state index contributed by atoms with van der Waals surface area (Å²) in [4.78, 5) is 37.3. The van der Waals surface area contributed by atoms with Crippen molar-refractivity contribution in [1.82, 2.24) is 19.5 Å². The molecule has 5 rings (SSSR count). The van der Waals surface area contributed by atoms with Crippen LogP contribution in [0.4, 0.5) is 16.4 Å². The van der Waals surface area contributed by atoms with Gasteiger partial charge in [0.25, 0.3) is 0 Å². The number of carbonyl (C=O) groups is 2. The fraction of sp³-hybridized carbons (Fsp3) is 0.548. The Bertz CT molecular complexity index is 1420. The second kappa shape index (κ2) is 11.0. The highest BCUT2D eigenvalue weighted by Gasteiger charge is 2.38. The van der Waals surface area contributed by atoms with Gasteiger partial charge in [-0.1, -0.05) is 44.2 Å². The smallest absolute Gasteiger partial charge is 0.339 e. The van der Waals surface area contributed by atoms with E-state index in [2.05, 4.69) is 18.7 Å². The molecule has 41 heavy (non-hydrogen) atoms. The summed E-state index contributed by atoms with van der Waals surface area (Å²) < 4.78 is 13.3. The molecule has 0 bridgehead atoms. The van der Waals surface area contributed by atoms with Gasteiger partial charge in [0, 0.05) is 44.5 Å². The van der Waals surface area contributed by atoms with Gasteiger partial charge in [0.15, 0.2) is 17.6 Å². The van der Waals surface area contributed by atoms with E-state index < -0.39 is 17.7 Å². The Hall–Kier alpha value is -3.66. The molecule has 2 amide bonds. The highest BCUT2D eigenvalue weighted by atomic mass is 16.6. The molecule has 2 aromatic heterocycles. The van der Waals surface area contributed by atoms with E-state index in [1.54, 1.807) is 9.42 Å². The van der Waals surface area contributed by atoms with Crippen LogP contribution in [-0.2, 0) is 20.8 Å². The molecule has 2 aliphatic heterocycles. The maximum absolute atomic E-state index is 13.5. The number of hydrogen-bond acceptors (Lipinski definition) is 7. The molecule has 220 valence electrons. The van der Waals surface area contributed by atoms with Crippen molar-refractivity contribution in [2.45, 2.75) is 72.6 Å². The second-order valence-electron chi connectivity index (χ2n) is 12.8. The normalized spacial score (nSPS) is 18.3. The monoisotopic (exact) mass is 562 g/mol. The number of esters is 1. The number of carbonyl (C=O) groups excluding carboxylic acids is 2. The zero-order valence-corrected chi connectivity index (χ0v) is 25.3. The van der Waals surface area contributed by atoms with Crippen LogP contribution < -0.4 is 9.80 Å². The number of fused-ring (bicyclic) bond motifs is 1. The highest BCUT2D eigenvalue weighted by Crippen LogP contribution is 2.39. The zero-order chi connectivity index (χ0) is 29.5. The predicted octanol–water partition coefficient (Wildman–Crippen LogP) is 5.14. The van der Waals surface area contributed by atoms with Crippen LogP contribution in [0.3, 0.4) is 0 Å². The van der Waals surface area contributed by atoms with Crippen LogP contribution in [0.15, 0.2) is 36.4 Å². The van der Waals surface area contributed by atoms with Gasteiger partial charge < -0.3 is 19.3 Å². The molecule has 0 N–H and O–H groups in total. The van der Waals surface area contributed by atoms with Crippen molar-refractivity contribution in [3.63, 3.8) is 0 Å². The van der Waals surface area contributed by atoms with Gasteiger partial charge in [-0.3, -0.25) is 4.90 Å².